The Balaban J connectivity index is 1.48. The molecule has 1 aliphatic heterocycles. The molecule has 0 saturated carbocycles. The maximum atomic E-state index is 13.3. The number of hydrogen-bond donors (Lipinski definition) is 3. The van der Waals surface area contributed by atoms with Crippen molar-refractivity contribution in [1.82, 2.24) is 14.7 Å². The smallest absolute Gasteiger partial charge is 0.255 e. The molecule has 2 heterocycles. The summed E-state index contributed by atoms with van der Waals surface area (Å²) in [5.74, 6) is -0.463. The molecular weight excluding hydrogens is 542 g/mol. The number of carbonyl (C=O) groups excluding carboxylic acids is 1. The van der Waals surface area contributed by atoms with E-state index in [2.05, 4.69) is 22.3 Å². The lowest BCUT2D eigenvalue weighted by atomic mass is 10.00. The van der Waals surface area contributed by atoms with E-state index in [1.165, 1.54) is 29.8 Å². The van der Waals surface area contributed by atoms with Crippen molar-refractivity contribution >= 4 is 32.5 Å². The maximum absolute atomic E-state index is 13.3. The third-order valence-electron chi connectivity index (χ3n) is 7.09. The number of rotatable bonds is 9. The first-order chi connectivity index (χ1) is 19.4. The first-order valence-corrected chi connectivity index (χ1v) is 15.1. The van der Waals surface area contributed by atoms with Crippen molar-refractivity contribution in [1.29, 1.82) is 0 Å². The van der Waals surface area contributed by atoms with Crippen LogP contribution in [0.25, 0.3) is 22.0 Å². The Morgan fingerprint density at radius 1 is 1.10 bits per heavy atom. The van der Waals surface area contributed by atoms with Crippen LogP contribution in [0.2, 0.25) is 0 Å². The summed E-state index contributed by atoms with van der Waals surface area (Å²) in [5.41, 5.74) is 3.52. The van der Waals surface area contributed by atoms with Gasteiger partial charge in [0.1, 0.15) is 0 Å². The number of hydrogen-bond acceptors (Lipinski definition) is 7. The number of amides is 1. The molecule has 0 radical (unpaired) electrons. The number of sulfonamides is 1. The van der Waals surface area contributed by atoms with Gasteiger partial charge in [-0.15, -0.1) is 0 Å². The molecule has 0 bridgehead atoms. The predicted octanol–water partition coefficient (Wildman–Crippen LogP) is 3.60. The van der Waals surface area contributed by atoms with Gasteiger partial charge in [-0.25, -0.2) is 13.6 Å². The average Bonchev–Trinajstić information content (AvgIpc) is 3.34. The van der Waals surface area contributed by atoms with Crippen molar-refractivity contribution in [3.8, 4) is 11.1 Å². The third kappa shape index (κ3) is 7.38. The number of aromatic nitrogens is 2. The summed E-state index contributed by atoms with van der Waals surface area (Å²) in [5, 5.41) is 23.9. The van der Waals surface area contributed by atoms with Crippen molar-refractivity contribution in [3.05, 3.63) is 78.0 Å². The van der Waals surface area contributed by atoms with Gasteiger partial charge in [0.05, 0.1) is 29.2 Å². The number of morpholine rings is 1. The van der Waals surface area contributed by atoms with Crippen LogP contribution in [0, 0.1) is 0 Å². The lowest BCUT2D eigenvalue weighted by molar-refractivity contribution is 0.0342. The van der Waals surface area contributed by atoms with Crippen molar-refractivity contribution in [3.63, 3.8) is 0 Å². The van der Waals surface area contributed by atoms with Gasteiger partial charge in [-0.1, -0.05) is 30.3 Å². The summed E-state index contributed by atoms with van der Waals surface area (Å²) >= 11 is 0. The molecule has 10 nitrogen and oxygen atoms in total. The molecule has 0 spiro atoms. The van der Waals surface area contributed by atoms with Crippen molar-refractivity contribution < 1.29 is 23.1 Å². The predicted molar refractivity (Wildman–Crippen MR) is 158 cm³/mol. The van der Waals surface area contributed by atoms with E-state index in [0.717, 1.165) is 54.9 Å². The largest absolute Gasteiger partial charge is 0.390 e. The molecule has 0 atom stereocenters. The molecule has 41 heavy (non-hydrogen) atoms. The highest BCUT2D eigenvalue weighted by Crippen LogP contribution is 2.33. The van der Waals surface area contributed by atoms with Gasteiger partial charge in [-0.3, -0.25) is 14.4 Å². The van der Waals surface area contributed by atoms with Crippen LogP contribution in [0.15, 0.2) is 71.8 Å². The van der Waals surface area contributed by atoms with E-state index in [1.807, 2.05) is 30.5 Å². The molecule has 0 aliphatic carbocycles. The topological polar surface area (TPSA) is 140 Å². The Bertz CT molecular complexity index is 1650. The molecule has 216 valence electrons. The van der Waals surface area contributed by atoms with Crippen molar-refractivity contribution in [2.24, 2.45) is 5.14 Å². The zero-order valence-electron chi connectivity index (χ0n) is 23.2. The Morgan fingerprint density at radius 3 is 2.51 bits per heavy atom. The standard InChI is InChI=1S/C30H35N5O5S/c1-30(2,37)10-11-35-20-24-17-28(32-29(36)23-4-3-5-25(16-23)41(31,38)39)26(18-27(24)33-35)22-8-6-21(7-9-22)19-34-12-14-40-15-13-34/h3-9,16-18,20,37H,10-15,19H2,1-2H3,(H,32,36)(H2,31,38,39). The van der Waals surface area contributed by atoms with Gasteiger partial charge in [0.2, 0.25) is 10.0 Å². The summed E-state index contributed by atoms with van der Waals surface area (Å²) in [6.45, 7) is 8.16. The van der Waals surface area contributed by atoms with Crippen LogP contribution < -0.4 is 10.5 Å². The van der Waals surface area contributed by atoms with Crippen LogP contribution in [0.3, 0.4) is 0 Å². The minimum Gasteiger partial charge on any atom is -0.390 e. The molecule has 1 amide bonds. The zero-order chi connectivity index (χ0) is 29.2. The summed E-state index contributed by atoms with van der Waals surface area (Å²) in [6, 6.07) is 17.7. The lowest BCUT2D eigenvalue weighted by Crippen LogP contribution is -2.35. The number of benzene rings is 3. The van der Waals surface area contributed by atoms with Crippen LogP contribution in [-0.4, -0.2) is 66.0 Å². The number of nitrogens with two attached hydrogens (primary N) is 1. The second-order valence-electron chi connectivity index (χ2n) is 11.0. The highest BCUT2D eigenvalue weighted by Gasteiger charge is 2.18. The van der Waals surface area contributed by atoms with Gasteiger partial charge < -0.3 is 15.2 Å². The number of anilines is 1. The minimum atomic E-state index is -3.96. The highest BCUT2D eigenvalue weighted by molar-refractivity contribution is 7.89. The molecule has 5 rings (SSSR count). The van der Waals surface area contributed by atoms with E-state index in [0.29, 0.717) is 18.7 Å². The number of aliphatic hydroxyl groups is 1. The van der Waals surface area contributed by atoms with E-state index >= 15 is 0 Å². The Kier molecular flexibility index (Phi) is 8.25. The van der Waals surface area contributed by atoms with Gasteiger partial charge >= 0.3 is 0 Å². The number of aryl methyl sites for hydroxylation is 1. The number of nitrogens with zero attached hydrogens (tertiary/aromatic N) is 3. The first kappa shape index (κ1) is 28.9. The van der Waals surface area contributed by atoms with Crippen molar-refractivity contribution in [2.45, 2.75) is 43.9 Å². The number of carbonyl (C=O) groups is 1. The van der Waals surface area contributed by atoms with Crippen LogP contribution in [0.1, 0.15) is 36.2 Å². The molecule has 4 N–H and O–H groups in total. The van der Waals surface area contributed by atoms with E-state index in [9.17, 15) is 18.3 Å². The molecule has 1 fully saturated rings. The van der Waals surface area contributed by atoms with E-state index < -0.39 is 21.5 Å². The summed E-state index contributed by atoms with van der Waals surface area (Å²) in [7, 11) is -3.96. The third-order valence-corrected chi connectivity index (χ3v) is 8.00. The van der Waals surface area contributed by atoms with Gasteiger partial charge in [0.15, 0.2) is 0 Å². The molecule has 4 aromatic rings. The molecular formula is C30H35N5O5S. The Hall–Kier alpha value is -3.61. The average molecular weight is 578 g/mol. The summed E-state index contributed by atoms with van der Waals surface area (Å²) in [4.78, 5) is 15.5. The fourth-order valence-corrected chi connectivity index (χ4v) is 5.34. The number of nitrogens with one attached hydrogen (secondary N) is 1. The van der Waals surface area contributed by atoms with Crippen LogP contribution >= 0.6 is 0 Å². The van der Waals surface area contributed by atoms with Gasteiger partial charge in [-0.05, 0) is 61.7 Å². The van der Waals surface area contributed by atoms with E-state index in [1.54, 1.807) is 18.5 Å². The first-order valence-electron chi connectivity index (χ1n) is 13.5. The van der Waals surface area contributed by atoms with Crippen LogP contribution in [0.4, 0.5) is 5.69 Å². The Morgan fingerprint density at radius 2 is 1.83 bits per heavy atom. The fraction of sp³-hybridized carbons (Fsp3) is 0.333. The normalized spacial score (nSPS) is 14.8. The van der Waals surface area contributed by atoms with Crippen molar-refractivity contribution in [2.75, 3.05) is 31.6 Å². The number of primary sulfonamides is 1. The molecule has 3 aromatic carbocycles. The second-order valence-corrected chi connectivity index (χ2v) is 12.6. The Labute approximate surface area is 239 Å². The van der Waals surface area contributed by atoms with Crippen LogP contribution in [-0.2, 0) is 27.8 Å². The van der Waals surface area contributed by atoms with E-state index in [4.69, 9.17) is 15.0 Å². The fourth-order valence-electron chi connectivity index (χ4n) is 4.78. The van der Waals surface area contributed by atoms with Gasteiger partial charge in [0.25, 0.3) is 5.91 Å². The highest BCUT2D eigenvalue weighted by atomic mass is 32.2. The van der Waals surface area contributed by atoms with Gasteiger partial charge in [0, 0.05) is 54.6 Å². The van der Waals surface area contributed by atoms with E-state index in [-0.39, 0.29) is 10.5 Å². The minimum absolute atomic E-state index is 0.134. The zero-order valence-corrected chi connectivity index (χ0v) is 24.0. The monoisotopic (exact) mass is 577 g/mol. The summed E-state index contributed by atoms with van der Waals surface area (Å²) in [6.07, 6.45) is 2.41. The molecule has 1 aromatic heterocycles. The number of ether oxygens (including phenoxy) is 1. The summed E-state index contributed by atoms with van der Waals surface area (Å²) < 4.78 is 30.9. The quantitative estimate of drug-likeness (QED) is 0.276. The second kappa shape index (κ2) is 11.7. The molecule has 1 saturated heterocycles. The maximum Gasteiger partial charge on any atom is 0.255 e. The van der Waals surface area contributed by atoms with Crippen LogP contribution in [0.5, 0.6) is 0 Å². The van der Waals surface area contributed by atoms with Gasteiger partial charge in [-0.2, -0.15) is 5.10 Å². The molecule has 0 unspecified atom stereocenters. The lowest BCUT2D eigenvalue weighted by Gasteiger charge is -2.26. The number of fused-ring (bicyclic) bond motifs is 1. The molecule has 11 heteroatoms. The SMILES string of the molecule is CC(C)(O)CCn1cc2cc(NC(=O)c3cccc(S(N)(=O)=O)c3)c(-c3ccc(CN4CCOCC4)cc3)cc2n1. The molecule has 1 aliphatic rings.